The van der Waals surface area contributed by atoms with Crippen molar-refractivity contribution in [2.24, 2.45) is 0 Å². The van der Waals surface area contributed by atoms with E-state index in [0.717, 1.165) is 28.8 Å². The number of aromatic nitrogens is 1. The molecule has 2 aromatic rings. The van der Waals surface area contributed by atoms with E-state index in [4.69, 9.17) is 5.73 Å². The maximum absolute atomic E-state index is 5.67. The minimum Gasteiger partial charge on any atom is -0.397 e. The molecule has 0 spiro atoms. The van der Waals surface area contributed by atoms with Crippen molar-refractivity contribution in [3.63, 3.8) is 0 Å². The first-order valence-corrected chi connectivity index (χ1v) is 6.65. The van der Waals surface area contributed by atoms with Crippen molar-refractivity contribution in [3.8, 4) is 0 Å². The van der Waals surface area contributed by atoms with Crippen LogP contribution < -0.4 is 11.1 Å². The van der Waals surface area contributed by atoms with Gasteiger partial charge in [0.25, 0.3) is 0 Å². The molecule has 3 N–H and O–H groups in total. The predicted octanol–water partition coefficient (Wildman–Crippen LogP) is 3.39. The largest absolute Gasteiger partial charge is 0.397 e. The van der Waals surface area contributed by atoms with Crippen LogP contribution in [0.5, 0.6) is 0 Å². The number of benzene rings is 1. The molecule has 94 valence electrons. The van der Waals surface area contributed by atoms with Crippen LogP contribution in [0.2, 0.25) is 0 Å². The molecule has 18 heavy (non-hydrogen) atoms. The molecule has 3 nitrogen and oxygen atoms in total. The molecule has 0 aliphatic carbocycles. The molecular formula is C14H16BrN3. The van der Waals surface area contributed by atoms with Gasteiger partial charge < -0.3 is 11.1 Å². The van der Waals surface area contributed by atoms with Gasteiger partial charge in [0.1, 0.15) is 5.82 Å². The third-order valence-corrected chi connectivity index (χ3v) is 3.25. The lowest BCUT2D eigenvalue weighted by Gasteiger charge is -2.09. The van der Waals surface area contributed by atoms with Gasteiger partial charge in [-0.2, -0.15) is 0 Å². The van der Waals surface area contributed by atoms with Crippen LogP contribution in [0.15, 0.2) is 41.0 Å². The maximum atomic E-state index is 5.67. The highest BCUT2D eigenvalue weighted by Gasteiger charge is 2.00. The van der Waals surface area contributed by atoms with Gasteiger partial charge in [-0.05, 0) is 42.7 Å². The van der Waals surface area contributed by atoms with Crippen LogP contribution in [0, 0.1) is 6.92 Å². The molecule has 0 unspecified atom stereocenters. The summed E-state index contributed by atoms with van der Waals surface area (Å²) in [5.74, 6) is 0.904. The summed E-state index contributed by atoms with van der Waals surface area (Å²) in [6, 6.07) is 10.3. The lowest BCUT2D eigenvalue weighted by atomic mass is 10.1. The minimum atomic E-state index is 0.700. The van der Waals surface area contributed by atoms with Gasteiger partial charge in [0.15, 0.2) is 0 Å². The number of aryl methyl sites for hydroxylation is 1. The molecule has 4 heteroatoms. The second-order valence-electron chi connectivity index (χ2n) is 4.24. The Balaban J connectivity index is 1.90. The van der Waals surface area contributed by atoms with Gasteiger partial charge in [-0.3, -0.25) is 0 Å². The van der Waals surface area contributed by atoms with Gasteiger partial charge in [0.2, 0.25) is 0 Å². The van der Waals surface area contributed by atoms with Gasteiger partial charge in [-0.1, -0.05) is 28.1 Å². The fraction of sp³-hybridized carbons (Fsp3) is 0.214. The predicted molar refractivity (Wildman–Crippen MR) is 79.7 cm³/mol. The molecule has 0 amide bonds. The van der Waals surface area contributed by atoms with Crippen LogP contribution in [0.25, 0.3) is 0 Å². The summed E-state index contributed by atoms with van der Waals surface area (Å²) in [5.41, 5.74) is 8.75. The summed E-state index contributed by atoms with van der Waals surface area (Å²) in [6.45, 7) is 2.87. The van der Waals surface area contributed by atoms with Gasteiger partial charge in [-0.15, -0.1) is 0 Å². The zero-order valence-electron chi connectivity index (χ0n) is 10.3. The summed E-state index contributed by atoms with van der Waals surface area (Å²) < 4.78 is 1.11. The van der Waals surface area contributed by atoms with Crippen molar-refractivity contribution in [3.05, 3.63) is 52.1 Å². The Hall–Kier alpha value is -1.55. The maximum Gasteiger partial charge on any atom is 0.129 e. The summed E-state index contributed by atoms with van der Waals surface area (Å²) in [6.07, 6.45) is 2.65. The Morgan fingerprint density at radius 3 is 2.67 bits per heavy atom. The zero-order chi connectivity index (χ0) is 13.0. The van der Waals surface area contributed by atoms with Gasteiger partial charge in [0.05, 0.1) is 11.9 Å². The summed E-state index contributed by atoms with van der Waals surface area (Å²) >= 11 is 3.43. The number of nitrogens with two attached hydrogens (primary N) is 1. The third-order valence-electron chi connectivity index (χ3n) is 2.72. The number of hydrogen-bond donors (Lipinski definition) is 2. The number of nitrogen functional groups attached to an aromatic ring is 1. The zero-order valence-corrected chi connectivity index (χ0v) is 11.9. The van der Waals surface area contributed by atoms with E-state index in [1.165, 1.54) is 5.56 Å². The monoisotopic (exact) mass is 305 g/mol. The normalized spacial score (nSPS) is 10.3. The highest BCUT2D eigenvalue weighted by atomic mass is 79.9. The van der Waals surface area contributed by atoms with Crippen molar-refractivity contribution < 1.29 is 0 Å². The van der Waals surface area contributed by atoms with Crippen molar-refractivity contribution in [2.45, 2.75) is 13.3 Å². The average Bonchev–Trinajstić information content (AvgIpc) is 2.34. The van der Waals surface area contributed by atoms with Crippen LogP contribution >= 0.6 is 15.9 Å². The molecule has 0 saturated carbocycles. The molecule has 0 aliphatic rings. The van der Waals surface area contributed by atoms with E-state index in [9.17, 15) is 0 Å². The van der Waals surface area contributed by atoms with E-state index in [1.54, 1.807) is 6.20 Å². The van der Waals surface area contributed by atoms with Crippen molar-refractivity contribution in [1.82, 2.24) is 4.98 Å². The second kappa shape index (κ2) is 5.87. The Kier molecular flexibility index (Phi) is 4.20. The third kappa shape index (κ3) is 3.47. The van der Waals surface area contributed by atoms with Crippen LogP contribution in [0.4, 0.5) is 11.5 Å². The van der Waals surface area contributed by atoms with Gasteiger partial charge in [-0.25, -0.2) is 4.98 Å². The molecule has 0 bridgehead atoms. The standard InChI is InChI=1S/C14H16BrN3/c1-10-8-13(16)9-18-14(10)17-7-6-11-2-4-12(15)5-3-11/h2-5,8-9H,6-7,16H2,1H3,(H,17,18). The van der Waals surface area contributed by atoms with Crippen LogP contribution in [0.1, 0.15) is 11.1 Å². The molecule has 0 aliphatic heterocycles. The van der Waals surface area contributed by atoms with E-state index in [0.29, 0.717) is 5.69 Å². The number of halogens is 1. The minimum absolute atomic E-state index is 0.700. The van der Waals surface area contributed by atoms with Gasteiger partial charge >= 0.3 is 0 Å². The molecule has 0 radical (unpaired) electrons. The summed E-state index contributed by atoms with van der Waals surface area (Å²) in [4.78, 5) is 4.28. The second-order valence-corrected chi connectivity index (χ2v) is 5.15. The molecule has 0 atom stereocenters. The quantitative estimate of drug-likeness (QED) is 0.910. The Labute approximate surface area is 116 Å². The van der Waals surface area contributed by atoms with E-state index in [-0.39, 0.29) is 0 Å². The number of nitrogens with zero attached hydrogens (tertiary/aromatic N) is 1. The topological polar surface area (TPSA) is 50.9 Å². The molecule has 0 saturated heterocycles. The first-order valence-electron chi connectivity index (χ1n) is 5.85. The van der Waals surface area contributed by atoms with E-state index in [2.05, 4.69) is 50.5 Å². The number of rotatable bonds is 4. The lowest BCUT2D eigenvalue weighted by molar-refractivity contribution is 1.00. The molecule has 2 rings (SSSR count). The van der Waals surface area contributed by atoms with E-state index >= 15 is 0 Å². The highest BCUT2D eigenvalue weighted by molar-refractivity contribution is 9.10. The molecule has 1 aromatic heterocycles. The number of hydrogen-bond acceptors (Lipinski definition) is 3. The van der Waals surface area contributed by atoms with Crippen LogP contribution in [0.3, 0.4) is 0 Å². The fourth-order valence-corrected chi connectivity index (χ4v) is 2.02. The van der Waals surface area contributed by atoms with Crippen molar-refractivity contribution in [2.75, 3.05) is 17.6 Å². The Bertz CT molecular complexity index is 523. The van der Waals surface area contributed by atoms with E-state index in [1.807, 2.05) is 13.0 Å². The van der Waals surface area contributed by atoms with Crippen molar-refractivity contribution in [1.29, 1.82) is 0 Å². The van der Waals surface area contributed by atoms with Crippen LogP contribution in [-0.4, -0.2) is 11.5 Å². The lowest BCUT2D eigenvalue weighted by Crippen LogP contribution is -2.07. The average molecular weight is 306 g/mol. The molecular weight excluding hydrogens is 290 g/mol. The number of anilines is 2. The van der Waals surface area contributed by atoms with Gasteiger partial charge in [0, 0.05) is 11.0 Å². The SMILES string of the molecule is Cc1cc(N)cnc1NCCc1ccc(Br)cc1. The highest BCUT2D eigenvalue weighted by Crippen LogP contribution is 2.14. The first kappa shape index (κ1) is 12.9. The summed E-state index contributed by atoms with van der Waals surface area (Å²) in [5, 5.41) is 3.32. The molecule has 0 fully saturated rings. The molecule has 1 heterocycles. The van der Waals surface area contributed by atoms with E-state index < -0.39 is 0 Å². The Morgan fingerprint density at radius 1 is 1.28 bits per heavy atom. The van der Waals surface area contributed by atoms with Crippen LogP contribution in [-0.2, 0) is 6.42 Å². The summed E-state index contributed by atoms with van der Waals surface area (Å²) in [7, 11) is 0. The number of nitrogens with one attached hydrogen (secondary N) is 1. The Morgan fingerprint density at radius 2 is 2.00 bits per heavy atom. The first-order chi connectivity index (χ1) is 8.65. The smallest absolute Gasteiger partial charge is 0.129 e. The molecule has 1 aromatic carbocycles. The van der Waals surface area contributed by atoms with Crippen molar-refractivity contribution >= 4 is 27.4 Å². The fourth-order valence-electron chi connectivity index (χ4n) is 1.76. The number of pyridine rings is 1.